The van der Waals surface area contributed by atoms with E-state index in [2.05, 4.69) is 10.1 Å². The van der Waals surface area contributed by atoms with E-state index in [1.165, 1.54) is 30.3 Å². The summed E-state index contributed by atoms with van der Waals surface area (Å²) in [7, 11) is -3.64. The molecule has 0 bridgehead atoms. The number of rotatable bonds is 6. The van der Waals surface area contributed by atoms with Gasteiger partial charge in [0.1, 0.15) is 17.3 Å². The average molecular weight is 433 g/mol. The molecule has 4 rings (SSSR count). The van der Waals surface area contributed by atoms with E-state index in [-0.39, 0.29) is 34.6 Å². The minimum atomic E-state index is -3.64. The van der Waals surface area contributed by atoms with Crippen molar-refractivity contribution >= 4 is 21.4 Å². The van der Waals surface area contributed by atoms with Crippen LogP contribution in [0.15, 0.2) is 69.6 Å². The molecule has 0 spiro atoms. The predicted molar refractivity (Wildman–Crippen MR) is 105 cm³/mol. The molecule has 0 aliphatic carbocycles. The van der Waals surface area contributed by atoms with Crippen LogP contribution in [0.5, 0.6) is 0 Å². The van der Waals surface area contributed by atoms with Gasteiger partial charge in [-0.15, -0.1) is 0 Å². The third-order valence-electron chi connectivity index (χ3n) is 4.11. The molecule has 0 amide bonds. The fourth-order valence-electron chi connectivity index (χ4n) is 2.77. The number of halogens is 2. The SMILES string of the molecule is O=S(=O)(Cc1ccc(-c2nc(-c3ccccc3Cl)no2)o1)Cc1ccccc1F. The van der Waals surface area contributed by atoms with E-state index < -0.39 is 21.4 Å². The number of nitrogens with zero attached hydrogens (tertiary/aromatic N) is 2. The van der Waals surface area contributed by atoms with E-state index in [9.17, 15) is 12.8 Å². The van der Waals surface area contributed by atoms with Gasteiger partial charge in [-0.05, 0) is 30.3 Å². The van der Waals surface area contributed by atoms with E-state index in [0.29, 0.717) is 10.6 Å². The van der Waals surface area contributed by atoms with Crippen molar-refractivity contribution in [3.8, 4) is 23.0 Å². The topological polar surface area (TPSA) is 86.2 Å². The normalized spacial score (nSPS) is 11.7. The van der Waals surface area contributed by atoms with Gasteiger partial charge in [0, 0.05) is 11.1 Å². The highest BCUT2D eigenvalue weighted by molar-refractivity contribution is 7.89. The van der Waals surface area contributed by atoms with Gasteiger partial charge in [0.2, 0.25) is 5.82 Å². The fourth-order valence-corrected chi connectivity index (χ4v) is 4.39. The van der Waals surface area contributed by atoms with Crippen molar-refractivity contribution in [1.82, 2.24) is 10.1 Å². The summed E-state index contributed by atoms with van der Waals surface area (Å²) < 4.78 is 49.3. The number of hydrogen-bond donors (Lipinski definition) is 0. The Bertz CT molecular complexity index is 1270. The molecule has 2 heterocycles. The first-order valence-corrected chi connectivity index (χ1v) is 10.7. The zero-order chi connectivity index (χ0) is 20.4. The van der Waals surface area contributed by atoms with Crippen LogP contribution in [0.4, 0.5) is 4.39 Å². The molecule has 0 saturated heterocycles. The van der Waals surface area contributed by atoms with Crippen molar-refractivity contribution in [2.45, 2.75) is 11.5 Å². The molecule has 9 heteroatoms. The lowest BCUT2D eigenvalue weighted by atomic mass is 10.2. The molecule has 148 valence electrons. The monoisotopic (exact) mass is 432 g/mol. The van der Waals surface area contributed by atoms with Gasteiger partial charge in [-0.25, -0.2) is 12.8 Å². The molecule has 0 radical (unpaired) electrons. The molecule has 0 N–H and O–H groups in total. The zero-order valence-electron chi connectivity index (χ0n) is 14.9. The fraction of sp³-hybridized carbons (Fsp3) is 0.100. The van der Waals surface area contributed by atoms with Crippen LogP contribution >= 0.6 is 11.6 Å². The summed E-state index contributed by atoms with van der Waals surface area (Å²) in [5.41, 5.74) is 0.712. The number of benzene rings is 2. The van der Waals surface area contributed by atoms with Gasteiger partial charge >= 0.3 is 0 Å². The van der Waals surface area contributed by atoms with E-state index >= 15 is 0 Å². The molecular formula is C20H14ClFN2O4S. The van der Waals surface area contributed by atoms with E-state index in [1.807, 2.05) is 0 Å². The van der Waals surface area contributed by atoms with Crippen LogP contribution in [0.25, 0.3) is 23.0 Å². The van der Waals surface area contributed by atoms with Crippen LogP contribution in [-0.2, 0) is 21.3 Å². The first-order chi connectivity index (χ1) is 13.9. The van der Waals surface area contributed by atoms with Gasteiger partial charge in [0.05, 0.1) is 10.8 Å². The van der Waals surface area contributed by atoms with Gasteiger partial charge in [-0.2, -0.15) is 4.98 Å². The first kappa shape index (κ1) is 19.4. The molecule has 4 aromatic rings. The predicted octanol–water partition coefficient (Wildman–Crippen LogP) is 4.90. The van der Waals surface area contributed by atoms with Crippen molar-refractivity contribution in [3.63, 3.8) is 0 Å². The molecule has 2 aromatic heterocycles. The largest absolute Gasteiger partial charge is 0.455 e. The van der Waals surface area contributed by atoms with Crippen molar-refractivity contribution in [3.05, 3.63) is 82.8 Å². The summed E-state index contributed by atoms with van der Waals surface area (Å²) in [4.78, 5) is 4.25. The lowest BCUT2D eigenvalue weighted by molar-refractivity contribution is 0.413. The maximum Gasteiger partial charge on any atom is 0.293 e. The summed E-state index contributed by atoms with van der Waals surface area (Å²) in [5.74, 6) is -0.567. The smallest absolute Gasteiger partial charge is 0.293 e. The minimum Gasteiger partial charge on any atom is -0.455 e. The standard InChI is InChI=1S/C20H14ClFN2O4S/c21-16-7-3-2-6-15(16)19-23-20(28-24-19)18-10-9-14(27-18)12-29(25,26)11-13-5-1-4-8-17(13)22/h1-10H,11-12H2. The van der Waals surface area contributed by atoms with Gasteiger partial charge in [0.15, 0.2) is 15.6 Å². The molecule has 6 nitrogen and oxygen atoms in total. The molecular weight excluding hydrogens is 419 g/mol. The second kappa shape index (κ2) is 7.81. The number of sulfone groups is 1. The quantitative estimate of drug-likeness (QED) is 0.430. The molecule has 0 aliphatic heterocycles. The molecule has 29 heavy (non-hydrogen) atoms. The lowest BCUT2D eigenvalue weighted by Gasteiger charge is -2.04. The van der Waals surface area contributed by atoms with Gasteiger partial charge < -0.3 is 8.94 Å². The minimum absolute atomic E-state index is 0.0951. The highest BCUT2D eigenvalue weighted by Crippen LogP contribution is 2.28. The number of hydrogen-bond acceptors (Lipinski definition) is 6. The number of furan rings is 1. The van der Waals surface area contributed by atoms with E-state index in [4.69, 9.17) is 20.5 Å². The maximum absolute atomic E-state index is 13.7. The summed E-state index contributed by atoms with van der Waals surface area (Å²) in [6, 6.07) is 15.8. The average Bonchev–Trinajstić information content (AvgIpc) is 3.33. The Kier molecular flexibility index (Phi) is 5.21. The summed E-state index contributed by atoms with van der Waals surface area (Å²) in [6.45, 7) is 0. The van der Waals surface area contributed by atoms with Crippen LogP contribution in [0, 0.1) is 5.82 Å². The molecule has 0 fully saturated rings. The van der Waals surface area contributed by atoms with Gasteiger partial charge in [-0.1, -0.05) is 47.1 Å². The third-order valence-corrected chi connectivity index (χ3v) is 5.91. The van der Waals surface area contributed by atoms with Crippen LogP contribution in [0.2, 0.25) is 5.02 Å². The van der Waals surface area contributed by atoms with Crippen molar-refractivity contribution in [1.29, 1.82) is 0 Å². The van der Waals surface area contributed by atoms with Crippen LogP contribution in [0.3, 0.4) is 0 Å². The Labute approximate surface area is 170 Å². The zero-order valence-corrected chi connectivity index (χ0v) is 16.5. The Morgan fingerprint density at radius 2 is 1.72 bits per heavy atom. The Balaban J connectivity index is 1.52. The summed E-state index contributed by atoms with van der Waals surface area (Å²) >= 11 is 6.13. The highest BCUT2D eigenvalue weighted by atomic mass is 35.5. The Morgan fingerprint density at radius 3 is 2.52 bits per heavy atom. The van der Waals surface area contributed by atoms with Gasteiger partial charge in [0.25, 0.3) is 5.89 Å². The Hall–Kier alpha value is -2.97. The van der Waals surface area contributed by atoms with E-state index in [0.717, 1.165) is 0 Å². The Morgan fingerprint density at radius 1 is 0.966 bits per heavy atom. The van der Waals surface area contributed by atoms with Crippen LogP contribution in [0.1, 0.15) is 11.3 Å². The molecule has 2 aromatic carbocycles. The molecule has 0 saturated carbocycles. The van der Waals surface area contributed by atoms with Gasteiger partial charge in [-0.3, -0.25) is 0 Å². The van der Waals surface area contributed by atoms with Crippen molar-refractivity contribution < 1.29 is 21.7 Å². The summed E-state index contributed by atoms with van der Waals surface area (Å²) in [6.07, 6.45) is 0. The lowest BCUT2D eigenvalue weighted by Crippen LogP contribution is -2.08. The maximum atomic E-state index is 13.7. The number of aromatic nitrogens is 2. The first-order valence-electron chi connectivity index (χ1n) is 8.53. The highest BCUT2D eigenvalue weighted by Gasteiger charge is 2.20. The molecule has 0 aliphatic rings. The van der Waals surface area contributed by atoms with Crippen LogP contribution < -0.4 is 0 Å². The van der Waals surface area contributed by atoms with E-state index in [1.54, 1.807) is 30.3 Å². The molecule has 0 atom stereocenters. The summed E-state index contributed by atoms with van der Waals surface area (Å²) in [5, 5.41) is 4.35. The van der Waals surface area contributed by atoms with Crippen LogP contribution in [-0.4, -0.2) is 18.6 Å². The third kappa shape index (κ3) is 4.38. The van der Waals surface area contributed by atoms with Crippen molar-refractivity contribution in [2.24, 2.45) is 0 Å². The second-order valence-electron chi connectivity index (χ2n) is 6.29. The second-order valence-corrected chi connectivity index (χ2v) is 8.76. The van der Waals surface area contributed by atoms with Crippen molar-refractivity contribution in [2.75, 3.05) is 0 Å². The molecule has 0 unspecified atom stereocenters.